The number of carbonyl (C=O) groups is 1. The molecule has 0 aliphatic carbocycles. The number of nitrogens with one attached hydrogen (secondary N) is 1. The highest BCUT2D eigenvalue weighted by Gasteiger charge is 2.26. The zero-order chi connectivity index (χ0) is 20.6. The highest BCUT2D eigenvalue weighted by Crippen LogP contribution is 2.33. The molecule has 2 heterocycles. The highest BCUT2D eigenvalue weighted by molar-refractivity contribution is 7.89. The summed E-state index contributed by atoms with van der Waals surface area (Å²) in [6, 6.07) is 9.11. The minimum Gasteiger partial charge on any atom is -0.379 e. The van der Waals surface area contributed by atoms with Crippen LogP contribution in [0, 0.1) is 0 Å². The number of thiazole rings is 1. The summed E-state index contributed by atoms with van der Waals surface area (Å²) in [5, 5.41) is 3.97. The normalized spacial score (nSPS) is 15.5. The molecule has 1 saturated heterocycles. The Morgan fingerprint density at radius 2 is 1.83 bits per heavy atom. The van der Waals surface area contributed by atoms with Gasteiger partial charge in [0.05, 0.1) is 27.8 Å². The summed E-state index contributed by atoms with van der Waals surface area (Å²) in [6.45, 7) is 1.37. The van der Waals surface area contributed by atoms with Crippen molar-refractivity contribution < 1.29 is 17.9 Å². The molecule has 0 radical (unpaired) electrons. The number of nitrogens with zero attached hydrogens (tertiary/aromatic N) is 2. The van der Waals surface area contributed by atoms with Crippen molar-refractivity contribution >= 4 is 65.8 Å². The molecular weight excluding hydrogens is 457 g/mol. The second-order valence-corrected chi connectivity index (χ2v) is 10.1. The predicted molar refractivity (Wildman–Crippen MR) is 114 cm³/mol. The molecule has 1 aromatic heterocycles. The quantitative estimate of drug-likeness (QED) is 0.623. The van der Waals surface area contributed by atoms with Crippen molar-refractivity contribution in [2.75, 3.05) is 31.6 Å². The summed E-state index contributed by atoms with van der Waals surface area (Å²) < 4.78 is 32.6. The van der Waals surface area contributed by atoms with Gasteiger partial charge in [0.2, 0.25) is 10.0 Å². The van der Waals surface area contributed by atoms with Gasteiger partial charge in [-0.15, -0.1) is 0 Å². The number of aromatic nitrogens is 1. The Bertz CT molecular complexity index is 1170. The average Bonchev–Trinajstić information content (AvgIpc) is 3.11. The second-order valence-electron chi connectivity index (χ2n) is 6.25. The number of halogens is 2. The second kappa shape index (κ2) is 8.17. The number of hydrogen-bond donors (Lipinski definition) is 1. The monoisotopic (exact) mass is 471 g/mol. The van der Waals surface area contributed by atoms with Crippen LogP contribution >= 0.6 is 34.5 Å². The van der Waals surface area contributed by atoms with Crippen LogP contribution in [0.25, 0.3) is 10.2 Å². The van der Waals surface area contributed by atoms with Crippen LogP contribution in [0.2, 0.25) is 10.0 Å². The van der Waals surface area contributed by atoms with Gasteiger partial charge in [-0.1, -0.05) is 34.5 Å². The Kier molecular flexibility index (Phi) is 5.78. The van der Waals surface area contributed by atoms with Crippen LogP contribution in [-0.4, -0.2) is 49.9 Å². The Morgan fingerprint density at radius 3 is 2.52 bits per heavy atom. The maximum absolute atomic E-state index is 12.7. The van der Waals surface area contributed by atoms with Gasteiger partial charge in [-0.2, -0.15) is 4.31 Å². The lowest BCUT2D eigenvalue weighted by atomic mass is 10.2. The molecule has 7 nitrogen and oxygen atoms in total. The van der Waals surface area contributed by atoms with Crippen LogP contribution < -0.4 is 5.32 Å². The van der Waals surface area contributed by atoms with E-state index in [1.807, 2.05) is 0 Å². The standard InChI is InChI=1S/C18H15Cl2N3O4S2/c19-12-9-14(20)16-15(10-12)28-18(21-16)22-17(24)11-1-3-13(4-2-11)29(25,26)23-5-7-27-8-6-23/h1-4,9-10H,5-8H2,(H,21,22,24). The summed E-state index contributed by atoms with van der Waals surface area (Å²) >= 11 is 13.4. The third-order valence-corrected chi connectivity index (χ3v) is 7.69. The molecule has 0 saturated carbocycles. The third-order valence-electron chi connectivity index (χ3n) is 4.36. The number of anilines is 1. The molecule has 0 atom stereocenters. The Morgan fingerprint density at radius 1 is 1.14 bits per heavy atom. The molecule has 0 unspecified atom stereocenters. The molecule has 1 amide bonds. The van der Waals surface area contributed by atoms with E-state index in [4.69, 9.17) is 27.9 Å². The van der Waals surface area contributed by atoms with Gasteiger partial charge >= 0.3 is 0 Å². The third kappa shape index (κ3) is 4.25. The molecular formula is C18H15Cl2N3O4S2. The van der Waals surface area contributed by atoms with Gasteiger partial charge in [0, 0.05) is 23.7 Å². The molecule has 4 rings (SSSR count). The first-order chi connectivity index (χ1) is 13.8. The van der Waals surface area contributed by atoms with Crippen LogP contribution in [0.1, 0.15) is 10.4 Å². The van der Waals surface area contributed by atoms with E-state index in [2.05, 4.69) is 10.3 Å². The van der Waals surface area contributed by atoms with E-state index in [0.717, 1.165) is 4.70 Å². The average molecular weight is 472 g/mol. The number of morpholine rings is 1. The molecule has 2 aromatic carbocycles. The fourth-order valence-electron chi connectivity index (χ4n) is 2.89. The zero-order valence-electron chi connectivity index (χ0n) is 14.9. The number of carbonyl (C=O) groups excluding carboxylic acids is 1. The molecule has 152 valence electrons. The van der Waals surface area contributed by atoms with Crippen LogP contribution in [0.3, 0.4) is 0 Å². The molecule has 0 bridgehead atoms. The number of amides is 1. The van der Waals surface area contributed by atoms with E-state index >= 15 is 0 Å². The minimum atomic E-state index is -3.61. The van der Waals surface area contributed by atoms with Gasteiger partial charge in [0.15, 0.2) is 5.13 Å². The lowest BCUT2D eigenvalue weighted by Gasteiger charge is -2.26. The first-order valence-electron chi connectivity index (χ1n) is 8.59. The topological polar surface area (TPSA) is 88.6 Å². The number of sulfonamides is 1. The number of benzene rings is 2. The van der Waals surface area contributed by atoms with Crippen molar-refractivity contribution in [3.8, 4) is 0 Å². The number of ether oxygens (including phenoxy) is 1. The van der Waals surface area contributed by atoms with Crippen molar-refractivity contribution in [3.05, 3.63) is 52.0 Å². The number of fused-ring (bicyclic) bond motifs is 1. The van der Waals surface area contributed by atoms with Gasteiger partial charge in [0.25, 0.3) is 5.91 Å². The first kappa shape index (κ1) is 20.5. The fourth-order valence-corrected chi connectivity index (χ4v) is 5.89. The molecule has 1 aliphatic rings. The minimum absolute atomic E-state index is 0.136. The van der Waals surface area contributed by atoms with Gasteiger partial charge in [0.1, 0.15) is 5.52 Å². The van der Waals surface area contributed by atoms with Crippen LogP contribution in [0.4, 0.5) is 5.13 Å². The van der Waals surface area contributed by atoms with Crippen LogP contribution in [0.15, 0.2) is 41.3 Å². The summed E-state index contributed by atoms with van der Waals surface area (Å²) in [4.78, 5) is 17.0. The summed E-state index contributed by atoms with van der Waals surface area (Å²) in [5.74, 6) is -0.401. The van der Waals surface area contributed by atoms with Crippen LogP contribution in [0.5, 0.6) is 0 Å². The SMILES string of the molecule is O=C(Nc1nc2c(Cl)cc(Cl)cc2s1)c1ccc(S(=O)(=O)N2CCOCC2)cc1. The summed E-state index contributed by atoms with van der Waals surface area (Å²) in [7, 11) is -3.61. The van der Waals surface area contributed by atoms with E-state index in [9.17, 15) is 13.2 Å². The number of hydrogen-bond acceptors (Lipinski definition) is 6. The molecule has 29 heavy (non-hydrogen) atoms. The van der Waals surface area contributed by atoms with Crippen molar-refractivity contribution in [2.24, 2.45) is 0 Å². The molecule has 1 aliphatic heterocycles. The predicted octanol–water partition coefficient (Wildman–Crippen LogP) is 3.88. The Balaban J connectivity index is 1.52. The molecule has 3 aromatic rings. The van der Waals surface area contributed by atoms with Crippen molar-refractivity contribution in [1.29, 1.82) is 0 Å². The molecule has 1 N–H and O–H groups in total. The molecule has 0 spiro atoms. The Hall–Kier alpha value is -1.75. The number of rotatable bonds is 4. The first-order valence-corrected chi connectivity index (χ1v) is 11.6. The van der Waals surface area contributed by atoms with E-state index in [-0.39, 0.29) is 4.90 Å². The summed E-state index contributed by atoms with van der Waals surface area (Å²) in [6.07, 6.45) is 0. The zero-order valence-corrected chi connectivity index (χ0v) is 18.0. The van der Waals surface area contributed by atoms with E-state index in [1.54, 1.807) is 12.1 Å². The maximum atomic E-state index is 12.7. The van der Waals surface area contributed by atoms with Gasteiger partial charge in [-0.05, 0) is 36.4 Å². The lowest BCUT2D eigenvalue weighted by Crippen LogP contribution is -2.40. The lowest BCUT2D eigenvalue weighted by molar-refractivity contribution is 0.0730. The van der Waals surface area contributed by atoms with Crippen molar-refractivity contribution in [3.63, 3.8) is 0 Å². The fraction of sp³-hybridized carbons (Fsp3) is 0.222. The van der Waals surface area contributed by atoms with Gasteiger partial charge in [-0.25, -0.2) is 13.4 Å². The molecule has 11 heteroatoms. The Labute approximate surface area is 181 Å². The van der Waals surface area contributed by atoms with Crippen LogP contribution in [-0.2, 0) is 14.8 Å². The largest absolute Gasteiger partial charge is 0.379 e. The van der Waals surface area contributed by atoms with Crippen molar-refractivity contribution in [2.45, 2.75) is 4.90 Å². The van der Waals surface area contributed by atoms with E-state index in [1.165, 1.54) is 39.9 Å². The van der Waals surface area contributed by atoms with Crippen molar-refractivity contribution in [1.82, 2.24) is 9.29 Å². The van der Waals surface area contributed by atoms with E-state index < -0.39 is 15.9 Å². The smallest absolute Gasteiger partial charge is 0.257 e. The van der Waals surface area contributed by atoms with Gasteiger partial charge in [-0.3, -0.25) is 10.1 Å². The highest BCUT2D eigenvalue weighted by atomic mass is 35.5. The maximum Gasteiger partial charge on any atom is 0.257 e. The van der Waals surface area contributed by atoms with Gasteiger partial charge < -0.3 is 4.74 Å². The van der Waals surface area contributed by atoms with E-state index in [0.29, 0.717) is 52.6 Å². The molecule has 1 fully saturated rings. The summed E-state index contributed by atoms with van der Waals surface area (Å²) in [5.41, 5.74) is 0.873.